The summed E-state index contributed by atoms with van der Waals surface area (Å²) in [5.74, 6) is -0.299. The fraction of sp³-hybridized carbons (Fsp3) is 0. The number of amidine groups is 1. The van der Waals surface area contributed by atoms with E-state index in [2.05, 4.69) is 10.3 Å². The van der Waals surface area contributed by atoms with Gasteiger partial charge in [0.1, 0.15) is 0 Å². The van der Waals surface area contributed by atoms with Crippen LogP contribution in [0.1, 0.15) is 15.9 Å². The predicted molar refractivity (Wildman–Crippen MR) is 87.7 cm³/mol. The highest BCUT2D eigenvalue weighted by Crippen LogP contribution is 2.24. The minimum absolute atomic E-state index is 0.168. The molecule has 7 heteroatoms. The third kappa shape index (κ3) is 2.55. The monoisotopic (exact) mass is 306 g/mol. The van der Waals surface area contributed by atoms with E-state index < -0.39 is 5.91 Å². The smallest absolute Gasteiger partial charge is 0.250 e. The number of fused-ring (bicyclic) bond motifs is 1. The van der Waals surface area contributed by atoms with Gasteiger partial charge in [0.15, 0.2) is 5.84 Å². The zero-order chi connectivity index (χ0) is 16.4. The normalized spacial score (nSPS) is 11.6. The van der Waals surface area contributed by atoms with Gasteiger partial charge in [-0.3, -0.25) is 4.79 Å². The Bertz CT molecular complexity index is 923. The minimum atomic E-state index is -0.468. The Kier molecular flexibility index (Phi) is 3.60. The van der Waals surface area contributed by atoms with Crippen LogP contribution in [0.5, 0.6) is 0 Å². The van der Waals surface area contributed by atoms with E-state index in [1.807, 2.05) is 41.0 Å². The maximum absolute atomic E-state index is 11.6. The number of amides is 1. The van der Waals surface area contributed by atoms with Crippen LogP contribution in [0.25, 0.3) is 16.6 Å². The molecule has 3 rings (SSSR count). The van der Waals surface area contributed by atoms with Crippen LogP contribution in [0, 0.1) is 5.53 Å². The summed E-state index contributed by atoms with van der Waals surface area (Å²) in [6.07, 6.45) is 1.72. The molecular formula is C16H14N6O. The fourth-order valence-electron chi connectivity index (χ4n) is 2.49. The second-order valence-electron chi connectivity index (χ2n) is 4.93. The average molecular weight is 306 g/mol. The van der Waals surface area contributed by atoms with E-state index in [0.29, 0.717) is 11.1 Å². The second-order valence-corrected chi connectivity index (χ2v) is 4.93. The van der Waals surface area contributed by atoms with E-state index in [4.69, 9.17) is 17.0 Å². The number of benzene rings is 2. The summed E-state index contributed by atoms with van der Waals surface area (Å²) in [4.78, 5) is 11.6. The number of nitrogens with two attached hydrogens (primary N) is 2. The largest absolute Gasteiger partial charge is 0.382 e. The number of hydrogen-bond acceptors (Lipinski definition) is 3. The highest BCUT2D eigenvalue weighted by atomic mass is 16.1. The Morgan fingerprint density at radius 2 is 1.74 bits per heavy atom. The summed E-state index contributed by atoms with van der Waals surface area (Å²) >= 11 is 0. The van der Waals surface area contributed by atoms with Gasteiger partial charge in [-0.1, -0.05) is 23.4 Å². The van der Waals surface area contributed by atoms with Gasteiger partial charge in [-0.05, 0) is 30.3 Å². The molecule has 7 nitrogen and oxygen atoms in total. The number of hydrogen-bond donors (Lipinski definition) is 3. The lowest BCUT2D eigenvalue weighted by molar-refractivity contribution is 0.100. The second kappa shape index (κ2) is 5.72. The van der Waals surface area contributed by atoms with Crippen LogP contribution in [-0.4, -0.2) is 16.3 Å². The van der Waals surface area contributed by atoms with E-state index in [-0.39, 0.29) is 5.84 Å². The van der Waals surface area contributed by atoms with Gasteiger partial charge in [0.05, 0.1) is 11.1 Å². The van der Waals surface area contributed by atoms with E-state index in [1.165, 1.54) is 0 Å². The summed E-state index contributed by atoms with van der Waals surface area (Å²) in [5, 5.41) is 7.21. The van der Waals surface area contributed by atoms with Crippen LogP contribution < -0.4 is 11.5 Å². The first-order valence-electron chi connectivity index (χ1n) is 6.82. The van der Waals surface area contributed by atoms with Gasteiger partial charge in [0, 0.05) is 22.8 Å². The zero-order valence-corrected chi connectivity index (χ0v) is 12.1. The molecule has 23 heavy (non-hydrogen) atoms. The van der Waals surface area contributed by atoms with Crippen molar-refractivity contribution < 1.29 is 4.79 Å². The van der Waals surface area contributed by atoms with Crippen molar-refractivity contribution in [2.75, 3.05) is 0 Å². The van der Waals surface area contributed by atoms with Crippen LogP contribution in [0.15, 0.2) is 65.1 Å². The topological polar surface area (TPSA) is 123 Å². The molecule has 1 heterocycles. The van der Waals surface area contributed by atoms with Crippen molar-refractivity contribution in [1.29, 1.82) is 5.53 Å². The molecule has 0 aliphatic heterocycles. The molecule has 0 atom stereocenters. The zero-order valence-electron chi connectivity index (χ0n) is 12.1. The lowest BCUT2D eigenvalue weighted by Gasteiger charge is -2.06. The highest BCUT2D eigenvalue weighted by molar-refractivity contribution is 6.06. The molecule has 0 saturated heterocycles. The molecule has 0 spiro atoms. The summed E-state index contributed by atoms with van der Waals surface area (Å²) in [6.45, 7) is 0. The van der Waals surface area contributed by atoms with Crippen LogP contribution in [0.3, 0.4) is 0 Å². The van der Waals surface area contributed by atoms with Gasteiger partial charge in [0.2, 0.25) is 0 Å². The first kappa shape index (κ1) is 14.5. The van der Waals surface area contributed by atoms with Crippen molar-refractivity contribution >= 4 is 22.6 Å². The molecule has 0 unspecified atom stereocenters. The van der Waals surface area contributed by atoms with Gasteiger partial charge in [-0.25, -0.2) is 0 Å². The summed E-state index contributed by atoms with van der Waals surface area (Å²) in [5.41, 5.74) is 20.7. The van der Waals surface area contributed by atoms with E-state index in [1.54, 1.807) is 18.3 Å². The molecule has 0 saturated carbocycles. The molecule has 1 amide bonds. The van der Waals surface area contributed by atoms with Crippen LogP contribution in [0.2, 0.25) is 0 Å². The number of para-hydroxylation sites is 1. The standard InChI is InChI=1S/C16H14N6O/c17-15(20-21-19)10-5-7-11(8-6-10)22-9-13(16(18)23)12-3-1-2-4-14(12)22/h1-9H,(H2,18,23)(H3,17,19,20). The lowest BCUT2D eigenvalue weighted by atomic mass is 10.1. The molecule has 0 fully saturated rings. The first-order valence-corrected chi connectivity index (χ1v) is 6.82. The van der Waals surface area contributed by atoms with E-state index >= 15 is 0 Å². The summed E-state index contributed by atoms with van der Waals surface area (Å²) < 4.78 is 1.89. The van der Waals surface area contributed by atoms with Crippen molar-refractivity contribution in [1.82, 2.24) is 4.57 Å². The molecule has 5 N–H and O–H groups in total. The van der Waals surface area contributed by atoms with Crippen LogP contribution in [0.4, 0.5) is 0 Å². The quantitative estimate of drug-likeness (QED) is 0.296. The number of nitrogens with one attached hydrogen (secondary N) is 1. The number of rotatable bonds is 4. The molecule has 0 aliphatic carbocycles. The van der Waals surface area contributed by atoms with Gasteiger partial charge in [0.25, 0.3) is 5.91 Å². The fourth-order valence-corrected chi connectivity index (χ4v) is 2.49. The average Bonchev–Trinajstić information content (AvgIpc) is 2.95. The Morgan fingerprint density at radius 3 is 2.39 bits per heavy atom. The Morgan fingerprint density at radius 1 is 1.04 bits per heavy atom. The molecule has 1 aromatic heterocycles. The third-order valence-corrected chi connectivity index (χ3v) is 3.58. The maximum Gasteiger partial charge on any atom is 0.250 e. The predicted octanol–water partition coefficient (Wildman–Crippen LogP) is 2.38. The molecule has 3 aromatic rings. The van der Waals surface area contributed by atoms with Crippen molar-refractivity contribution in [2.24, 2.45) is 21.8 Å². The van der Waals surface area contributed by atoms with Gasteiger partial charge < -0.3 is 16.0 Å². The maximum atomic E-state index is 11.6. The first-order chi connectivity index (χ1) is 11.1. The molecule has 2 aromatic carbocycles. The Balaban J connectivity index is 2.12. The van der Waals surface area contributed by atoms with Gasteiger partial charge >= 0.3 is 0 Å². The molecule has 0 radical (unpaired) electrons. The lowest BCUT2D eigenvalue weighted by Crippen LogP contribution is -2.12. The van der Waals surface area contributed by atoms with Crippen molar-refractivity contribution in [3.63, 3.8) is 0 Å². The van der Waals surface area contributed by atoms with Crippen LogP contribution >= 0.6 is 0 Å². The molecular weight excluding hydrogens is 292 g/mol. The number of aromatic nitrogens is 1. The summed E-state index contributed by atoms with van der Waals surface area (Å²) in [6, 6.07) is 14.8. The van der Waals surface area contributed by atoms with Crippen molar-refractivity contribution in [3.05, 3.63) is 65.9 Å². The number of nitrogens with zero attached hydrogens (tertiary/aromatic N) is 3. The number of primary amides is 1. The Labute approximate surface area is 131 Å². The van der Waals surface area contributed by atoms with Crippen molar-refractivity contribution in [3.8, 4) is 5.69 Å². The molecule has 114 valence electrons. The minimum Gasteiger partial charge on any atom is -0.382 e. The third-order valence-electron chi connectivity index (χ3n) is 3.58. The molecule has 0 aliphatic rings. The molecule has 0 bridgehead atoms. The highest BCUT2D eigenvalue weighted by Gasteiger charge is 2.13. The van der Waals surface area contributed by atoms with Crippen molar-refractivity contribution in [2.45, 2.75) is 0 Å². The van der Waals surface area contributed by atoms with Gasteiger partial charge in [-0.15, -0.1) is 5.10 Å². The van der Waals surface area contributed by atoms with E-state index in [0.717, 1.165) is 16.6 Å². The summed E-state index contributed by atoms with van der Waals surface area (Å²) in [7, 11) is 0. The Hall–Kier alpha value is -3.48. The number of carbonyl (C=O) groups is 1. The SMILES string of the molecule is N=NN=C(N)c1ccc(-n2cc(C(N)=O)c3ccccc32)cc1. The number of carbonyl (C=O) groups excluding carboxylic acids is 1. The van der Waals surface area contributed by atoms with Crippen LogP contribution in [-0.2, 0) is 0 Å². The van der Waals surface area contributed by atoms with E-state index in [9.17, 15) is 4.79 Å². The van der Waals surface area contributed by atoms with Gasteiger partial charge in [-0.2, -0.15) is 5.53 Å².